The molecule has 0 aromatic heterocycles. The van der Waals surface area contributed by atoms with Crippen LogP contribution in [0.1, 0.15) is 37.5 Å². The third kappa shape index (κ3) is 4.44. The Bertz CT molecular complexity index is 672. The van der Waals surface area contributed by atoms with Gasteiger partial charge in [0, 0.05) is 0 Å². The summed E-state index contributed by atoms with van der Waals surface area (Å²) in [4.78, 5) is 11.6. The normalized spacial score (nSPS) is 12.1. The molecule has 0 unspecified atom stereocenters. The molecule has 7 heteroatoms. The molecule has 0 heterocycles. The molecule has 0 fully saturated rings. The highest BCUT2D eigenvalue weighted by Crippen LogP contribution is 2.30. The number of nitrogens with one attached hydrogen (secondary N) is 1. The fraction of sp³-hybridized carbons (Fsp3) is 0.500. The van der Waals surface area contributed by atoms with Crippen LogP contribution in [0.15, 0.2) is 11.0 Å². The van der Waals surface area contributed by atoms with Crippen molar-refractivity contribution in [3.8, 4) is 0 Å². The van der Waals surface area contributed by atoms with Crippen molar-refractivity contribution in [3.05, 3.63) is 22.8 Å². The first-order chi connectivity index (χ1) is 9.33. The molecule has 21 heavy (non-hydrogen) atoms. The summed E-state index contributed by atoms with van der Waals surface area (Å²) in [6.45, 7) is 10.0. The maximum atomic E-state index is 11.8. The minimum Gasteiger partial charge on any atom is -0.444 e. The molecule has 2 N–H and O–H groups in total. The number of rotatable bonds is 2. The van der Waals surface area contributed by atoms with Gasteiger partial charge in [-0.25, -0.2) is 4.79 Å². The molecule has 1 aromatic rings. The number of amides is 1. The average molecular weight is 315 g/mol. The lowest BCUT2D eigenvalue weighted by atomic mass is 10.0. The third-order valence-corrected chi connectivity index (χ3v) is 3.93. The number of hydrogen-bond donors (Lipinski definition) is 2. The van der Waals surface area contributed by atoms with Gasteiger partial charge < -0.3 is 4.74 Å². The van der Waals surface area contributed by atoms with Crippen LogP contribution in [0, 0.1) is 20.8 Å². The van der Waals surface area contributed by atoms with E-state index in [1.54, 1.807) is 40.7 Å². The van der Waals surface area contributed by atoms with Gasteiger partial charge >= 0.3 is 6.09 Å². The number of anilines is 1. The summed E-state index contributed by atoms with van der Waals surface area (Å²) in [6.07, 6.45) is -0.682. The molecule has 0 aliphatic carbocycles. The van der Waals surface area contributed by atoms with Crippen molar-refractivity contribution in [2.75, 3.05) is 5.32 Å². The lowest BCUT2D eigenvalue weighted by Gasteiger charge is -2.21. The monoisotopic (exact) mass is 315 g/mol. The van der Waals surface area contributed by atoms with E-state index in [2.05, 4.69) is 5.32 Å². The molecule has 0 aliphatic heterocycles. The highest BCUT2D eigenvalue weighted by Gasteiger charge is 2.23. The van der Waals surface area contributed by atoms with E-state index in [0.29, 0.717) is 16.8 Å². The van der Waals surface area contributed by atoms with Gasteiger partial charge in [0.15, 0.2) is 0 Å². The first kappa shape index (κ1) is 17.5. The van der Waals surface area contributed by atoms with Crippen LogP contribution in [-0.4, -0.2) is 24.7 Å². The van der Waals surface area contributed by atoms with Gasteiger partial charge in [-0.1, -0.05) is 6.07 Å². The minimum atomic E-state index is -4.37. The maximum absolute atomic E-state index is 11.8. The summed E-state index contributed by atoms with van der Waals surface area (Å²) in [5.74, 6) is 0. The summed E-state index contributed by atoms with van der Waals surface area (Å²) >= 11 is 0. The Morgan fingerprint density at radius 2 is 1.71 bits per heavy atom. The summed E-state index contributed by atoms with van der Waals surface area (Å²) in [6, 6.07) is 1.59. The molecule has 0 saturated heterocycles. The molecule has 1 aromatic carbocycles. The van der Waals surface area contributed by atoms with Crippen molar-refractivity contribution in [2.45, 2.75) is 52.0 Å². The molecule has 0 radical (unpaired) electrons. The zero-order valence-corrected chi connectivity index (χ0v) is 13.9. The van der Waals surface area contributed by atoms with Crippen molar-refractivity contribution < 1.29 is 22.5 Å². The van der Waals surface area contributed by atoms with Crippen molar-refractivity contribution in [1.82, 2.24) is 0 Å². The molecule has 6 nitrogen and oxygen atoms in total. The van der Waals surface area contributed by atoms with E-state index in [9.17, 15) is 17.8 Å². The predicted octanol–water partition coefficient (Wildman–Crippen LogP) is 3.21. The third-order valence-electron chi connectivity index (χ3n) is 2.78. The van der Waals surface area contributed by atoms with Gasteiger partial charge in [-0.05, 0) is 58.2 Å². The van der Waals surface area contributed by atoms with Gasteiger partial charge in [0.05, 0.1) is 5.69 Å². The first-order valence-electron chi connectivity index (χ1n) is 6.41. The second kappa shape index (κ2) is 5.65. The summed E-state index contributed by atoms with van der Waals surface area (Å²) in [5, 5.41) is 2.54. The minimum absolute atomic E-state index is 0.195. The number of aryl methyl sites for hydroxylation is 2. The van der Waals surface area contributed by atoms with Crippen molar-refractivity contribution in [1.29, 1.82) is 0 Å². The van der Waals surface area contributed by atoms with Gasteiger partial charge in [0.2, 0.25) is 0 Å². The van der Waals surface area contributed by atoms with Gasteiger partial charge in [0.1, 0.15) is 10.5 Å². The van der Waals surface area contributed by atoms with E-state index in [1.807, 2.05) is 0 Å². The molecule has 0 spiro atoms. The lowest BCUT2D eigenvalue weighted by Crippen LogP contribution is -2.28. The van der Waals surface area contributed by atoms with Gasteiger partial charge in [-0.2, -0.15) is 8.42 Å². The lowest BCUT2D eigenvalue weighted by molar-refractivity contribution is 0.0635. The van der Waals surface area contributed by atoms with Crippen LogP contribution in [-0.2, 0) is 14.9 Å². The largest absolute Gasteiger partial charge is 0.444 e. The average Bonchev–Trinajstić information content (AvgIpc) is 2.18. The zero-order chi connectivity index (χ0) is 16.6. The Kier molecular flexibility index (Phi) is 4.70. The molecular formula is C14H21NO5S. The molecule has 1 rings (SSSR count). The smallest absolute Gasteiger partial charge is 0.412 e. The maximum Gasteiger partial charge on any atom is 0.412 e. The Morgan fingerprint density at radius 3 is 2.14 bits per heavy atom. The van der Waals surface area contributed by atoms with Crippen molar-refractivity contribution in [2.24, 2.45) is 0 Å². The number of carbonyl (C=O) groups is 1. The van der Waals surface area contributed by atoms with Crippen LogP contribution < -0.4 is 5.32 Å². The number of hydrogen-bond acceptors (Lipinski definition) is 4. The van der Waals surface area contributed by atoms with E-state index < -0.39 is 21.8 Å². The van der Waals surface area contributed by atoms with E-state index in [0.717, 1.165) is 0 Å². The van der Waals surface area contributed by atoms with Crippen LogP contribution >= 0.6 is 0 Å². The summed E-state index contributed by atoms with van der Waals surface area (Å²) in [5.41, 5.74) is 1.04. The highest BCUT2D eigenvalue weighted by molar-refractivity contribution is 7.86. The molecule has 0 bridgehead atoms. The molecule has 0 atom stereocenters. The molecule has 1 amide bonds. The van der Waals surface area contributed by atoms with Gasteiger partial charge in [0.25, 0.3) is 10.1 Å². The highest BCUT2D eigenvalue weighted by atomic mass is 32.2. The Hall–Kier alpha value is -1.60. The quantitative estimate of drug-likeness (QED) is 0.817. The first-order valence-corrected chi connectivity index (χ1v) is 7.85. The topological polar surface area (TPSA) is 92.7 Å². The van der Waals surface area contributed by atoms with Crippen LogP contribution in [0.25, 0.3) is 0 Å². The molecule has 118 valence electrons. The zero-order valence-electron chi connectivity index (χ0n) is 13.1. The summed E-state index contributed by atoms with van der Waals surface area (Å²) in [7, 11) is -4.37. The Labute approximate surface area is 125 Å². The van der Waals surface area contributed by atoms with Crippen LogP contribution in [0.2, 0.25) is 0 Å². The van der Waals surface area contributed by atoms with Crippen molar-refractivity contribution >= 4 is 21.9 Å². The molecule has 0 saturated carbocycles. The van der Waals surface area contributed by atoms with Crippen LogP contribution in [0.4, 0.5) is 10.5 Å². The van der Waals surface area contributed by atoms with Gasteiger partial charge in [-0.3, -0.25) is 9.87 Å². The molecular weight excluding hydrogens is 294 g/mol. The molecule has 0 aliphatic rings. The number of ether oxygens (including phenoxy) is 1. The predicted molar refractivity (Wildman–Crippen MR) is 80.3 cm³/mol. The fourth-order valence-electron chi connectivity index (χ4n) is 2.16. The Morgan fingerprint density at radius 1 is 1.19 bits per heavy atom. The van der Waals surface area contributed by atoms with Crippen LogP contribution in [0.3, 0.4) is 0 Å². The number of benzene rings is 1. The van der Waals surface area contributed by atoms with E-state index >= 15 is 0 Å². The second-order valence-electron chi connectivity index (χ2n) is 5.94. The second-order valence-corrected chi connectivity index (χ2v) is 7.30. The summed E-state index contributed by atoms with van der Waals surface area (Å²) < 4.78 is 37.4. The fourth-order valence-corrected chi connectivity index (χ4v) is 3.12. The van der Waals surface area contributed by atoms with E-state index in [-0.39, 0.29) is 10.5 Å². The van der Waals surface area contributed by atoms with E-state index in [4.69, 9.17) is 4.74 Å². The Balaban J connectivity index is 3.29. The number of carbonyl (C=O) groups excluding carboxylic acids is 1. The SMILES string of the molecule is Cc1cc(C)c(S(=O)(=O)O)c(C)c1NC(=O)OC(C)(C)C. The van der Waals surface area contributed by atoms with Crippen molar-refractivity contribution in [3.63, 3.8) is 0 Å². The standard InChI is InChI=1S/C14H21NO5S/c1-8-7-9(2)12(21(17,18)19)10(3)11(8)15-13(16)20-14(4,5)6/h7H,1-6H3,(H,15,16)(H,17,18,19). The van der Waals surface area contributed by atoms with Crippen LogP contribution in [0.5, 0.6) is 0 Å². The van der Waals surface area contributed by atoms with E-state index in [1.165, 1.54) is 6.92 Å². The van der Waals surface area contributed by atoms with Gasteiger partial charge in [-0.15, -0.1) is 0 Å².